The molecule has 0 aromatic heterocycles. The zero-order valence-corrected chi connectivity index (χ0v) is 14.3. The van der Waals surface area contributed by atoms with Gasteiger partial charge in [0, 0.05) is 4.47 Å². The number of halogens is 1. The van der Waals surface area contributed by atoms with Gasteiger partial charge in [0.2, 0.25) is 0 Å². The van der Waals surface area contributed by atoms with Crippen molar-refractivity contribution in [2.45, 2.75) is 6.92 Å². The van der Waals surface area contributed by atoms with E-state index in [4.69, 9.17) is 9.47 Å². The summed E-state index contributed by atoms with van der Waals surface area (Å²) in [5.74, 6) is 1.26. The smallest absolute Gasteiger partial charge is 0.161 e. The molecule has 22 heavy (non-hydrogen) atoms. The minimum Gasteiger partial charge on any atom is -0.493 e. The van der Waals surface area contributed by atoms with Crippen LogP contribution in [0.4, 0.5) is 0 Å². The highest BCUT2D eigenvalue weighted by molar-refractivity contribution is 9.10. The highest BCUT2D eigenvalue weighted by Gasteiger charge is 2.09. The molecule has 2 aromatic rings. The maximum Gasteiger partial charge on any atom is 0.161 e. The van der Waals surface area contributed by atoms with Crippen LogP contribution >= 0.6 is 15.9 Å². The molecule has 0 unspecified atom stereocenters. The van der Waals surface area contributed by atoms with Crippen molar-refractivity contribution in [2.24, 2.45) is 0 Å². The van der Waals surface area contributed by atoms with Gasteiger partial charge in [-0.3, -0.25) is 0 Å². The second kappa shape index (κ2) is 7.15. The number of hydrogen-bond donors (Lipinski definition) is 0. The van der Waals surface area contributed by atoms with Crippen LogP contribution in [0.15, 0.2) is 40.9 Å². The molecule has 0 N–H and O–H groups in total. The first-order chi connectivity index (χ1) is 10.6. The summed E-state index contributed by atoms with van der Waals surface area (Å²) in [7, 11) is 3.18. The van der Waals surface area contributed by atoms with Gasteiger partial charge in [-0.1, -0.05) is 45.8 Å². The molecule has 2 aromatic carbocycles. The van der Waals surface area contributed by atoms with Crippen molar-refractivity contribution < 1.29 is 9.47 Å². The number of nitriles is 1. The Balaban J connectivity index is 2.50. The number of aryl methyl sites for hydroxylation is 1. The summed E-state index contributed by atoms with van der Waals surface area (Å²) in [6.45, 7) is 2.02. The van der Waals surface area contributed by atoms with Gasteiger partial charge >= 0.3 is 0 Å². The Labute approximate surface area is 138 Å². The zero-order valence-electron chi connectivity index (χ0n) is 12.7. The molecule has 0 heterocycles. The van der Waals surface area contributed by atoms with E-state index in [1.807, 2.05) is 49.4 Å². The lowest BCUT2D eigenvalue weighted by Gasteiger charge is -2.10. The van der Waals surface area contributed by atoms with E-state index in [-0.39, 0.29) is 0 Å². The van der Waals surface area contributed by atoms with Gasteiger partial charge in [-0.05, 0) is 36.3 Å². The fourth-order valence-electron chi connectivity index (χ4n) is 2.05. The summed E-state index contributed by atoms with van der Waals surface area (Å²) in [4.78, 5) is 0. The fourth-order valence-corrected chi connectivity index (χ4v) is 2.49. The third-order valence-electron chi connectivity index (χ3n) is 3.29. The Morgan fingerprint density at radius 3 is 2.23 bits per heavy atom. The summed E-state index contributed by atoms with van der Waals surface area (Å²) in [6, 6.07) is 13.8. The molecule has 0 amide bonds. The summed E-state index contributed by atoms with van der Waals surface area (Å²) >= 11 is 3.50. The van der Waals surface area contributed by atoms with Gasteiger partial charge in [0.1, 0.15) is 0 Å². The first-order valence-electron chi connectivity index (χ1n) is 6.69. The third-order valence-corrected chi connectivity index (χ3v) is 3.97. The number of allylic oxidation sites excluding steroid dienone is 1. The lowest BCUT2D eigenvalue weighted by Crippen LogP contribution is -1.92. The molecule has 0 saturated carbocycles. The van der Waals surface area contributed by atoms with Crippen molar-refractivity contribution in [3.05, 3.63) is 57.6 Å². The van der Waals surface area contributed by atoms with E-state index < -0.39 is 0 Å². The Kier molecular flexibility index (Phi) is 5.24. The van der Waals surface area contributed by atoms with Gasteiger partial charge in [0.05, 0.1) is 25.9 Å². The molecule has 0 fully saturated rings. The van der Waals surface area contributed by atoms with Crippen LogP contribution in [0.2, 0.25) is 0 Å². The molecule has 0 radical (unpaired) electrons. The minimum atomic E-state index is 0.591. The monoisotopic (exact) mass is 357 g/mol. The summed E-state index contributed by atoms with van der Waals surface area (Å²) in [6.07, 6.45) is 1.83. The molecular formula is C18H16BrNO2. The summed E-state index contributed by atoms with van der Waals surface area (Å²) < 4.78 is 11.4. The Hall–Kier alpha value is -2.25. The van der Waals surface area contributed by atoms with Crippen LogP contribution in [0.3, 0.4) is 0 Å². The van der Waals surface area contributed by atoms with Gasteiger partial charge in [-0.2, -0.15) is 5.26 Å². The van der Waals surface area contributed by atoms with E-state index in [0.717, 1.165) is 21.2 Å². The average molecular weight is 358 g/mol. The predicted octanol–water partition coefficient (Wildman–Crippen LogP) is 4.84. The highest BCUT2D eigenvalue weighted by atomic mass is 79.9. The van der Waals surface area contributed by atoms with E-state index in [2.05, 4.69) is 22.0 Å². The second-order valence-corrected chi connectivity index (χ2v) is 5.62. The quantitative estimate of drug-likeness (QED) is 0.580. The normalized spacial score (nSPS) is 11.0. The first-order valence-corrected chi connectivity index (χ1v) is 7.48. The van der Waals surface area contributed by atoms with Crippen LogP contribution in [0.5, 0.6) is 11.5 Å². The van der Waals surface area contributed by atoms with Crippen molar-refractivity contribution in [1.82, 2.24) is 0 Å². The van der Waals surface area contributed by atoms with Crippen LogP contribution < -0.4 is 9.47 Å². The number of methoxy groups -OCH3 is 2. The van der Waals surface area contributed by atoms with Gasteiger partial charge in [-0.15, -0.1) is 0 Å². The lowest BCUT2D eigenvalue weighted by atomic mass is 10.0. The molecular weight excluding hydrogens is 342 g/mol. The largest absolute Gasteiger partial charge is 0.493 e. The van der Waals surface area contributed by atoms with E-state index in [9.17, 15) is 5.26 Å². The van der Waals surface area contributed by atoms with Crippen molar-refractivity contribution >= 4 is 27.6 Å². The van der Waals surface area contributed by atoms with Gasteiger partial charge in [0.25, 0.3) is 0 Å². The SMILES string of the molecule is COc1cc(Br)c(C=C(C#N)c2ccc(C)cc2)cc1OC. The van der Waals surface area contributed by atoms with E-state index >= 15 is 0 Å². The molecule has 0 saturated heterocycles. The Morgan fingerprint density at radius 2 is 1.68 bits per heavy atom. The van der Waals surface area contributed by atoms with Crippen molar-refractivity contribution in [3.63, 3.8) is 0 Å². The number of ether oxygens (including phenoxy) is 2. The average Bonchev–Trinajstić information content (AvgIpc) is 2.54. The van der Waals surface area contributed by atoms with Crippen molar-refractivity contribution in [3.8, 4) is 17.6 Å². The number of rotatable bonds is 4. The number of nitrogens with zero attached hydrogens (tertiary/aromatic N) is 1. The molecule has 2 rings (SSSR count). The van der Waals surface area contributed by atoms with E-state index in [0.29, 0.717) is 17.1 Å². The zero-order chi connectivity index (χ0) is 16.1. The lowest BCUT2D eigenvalue weighted by molar-refractivity contribution is 0.354. The molecule has 0 bridgehead atoms. The van der Waals surface area contributed by atoms with Crippen LogP contribution in [-0.2, 0) is 0 Å². The molecule has 0 spiro atoms. The standard InChI is InChI=1S/C18H16BrNO2/c1-12-4-6-13(7-5-12)15(11-20)8-14-9-17(21-2)18(22-3)10-16(14)19/h4-10H,1-3H3. The van der Waals surface area contributed by atoms with Crippen LogP contribution in [0, 0.1) is 18.3 Å². The van der Waals surface area contributed by atoms with Crippen LogP contribution in [0.1, 0.15) is 16.7 Å². The first kappa shape index (κ1) is 16.1. The fraction of sp³-hybridized carbons (Fsp3) is 0.167. The molecule has 3 nitrogen and oxygen atoms in total. The Bertz CT molecular complexity index is 743. The molecule has 112 valence electrons. The molecule has 0 aliphatic heterocycles. The van der Waals surface area contributed by atoms with Crippen LogP contribution in [0.25, 0.3) is 11.6 Å². The van der Waals surface area contributed by atoms with Crippen molar-refractivity contribution in [2.75, 3.05) is 14.2 Å². The number of benzene rings is 2. The predicted molar refractivity (Wildman–Crippen MR) is 91.9 cm³/mol. The summed E-state index contributed by atoms with van der Waals surface area (Å²) in [5, 5.41) is 9.44. The highest BCUT2D eigenvalue weighted by Crippen LogP contribution is 2.35. The maximum absolute atomic E-state index is 9.44. The second-order valence-electron chi connectivity index (χ2n) is 4.76. The van der Waals surface area contributed by atoms with Crippen molar-refractivity contribution in [1.29, 1.82) is 5.26 Å². The molecule has 4 heteroatoms. The van der Waals surface area contributed by atoms with Gasteiger partial charge < -0.3 is 9.47 Å². The minimum absolute atomic E-state index is 0.591. The third kappa shape index (κ3) is 3.49. The van der Waals surface area contributed by atoms with Gasteiger partial charge in [0.15, 0.2) is 11.5 Å². The van der Waals surface area contributed by atoms with E-state index in [1.54, 1.807) is 14.2 Å². The maximum atomic E-state index is 9.44. The van der Waals surface area contributed by atoms with E-state index in [1.165, 1.54) is 0 Å². The van der Waals surface area contributed by atoms with Gasteiger partial charge in [-0.25, -0.2) is 0 Å². The Morgan fingerprint density at radius 1 is 1.09 bits per heavy atom. The number of hydrogen-bond acceptors (Lipinski definition) is 3. The molecule has 0 aliphatic carbocycles. The van der Waals surface area contributed by atoms with Crippen LogP contribution in [-0.4, -0.2) is 14.2 Å². The molecule has 0 aliphatic rings. The molecule has 0 atom stereocenters. The topological polar surface area (TPSA) is 42.2 Å². The summed E-state index contributed by atoms with van der Waals surface area (Å²) in [5.41, 5.74) is 3.49.